The lowest BCUT2D eigenvalue weighted by molar-refractivity contribution is -0.351. The zero-order chi connectivity index (χ0) is 14.1. The summed E-state index contributed by atoms with van der Waals surface area (Å²) in [7, 11) is 0. The van der Waals surface area contributed by atoms with Crippen molar-refractivity contribution < 1.29 is 31.6 Å². The lowest BCUT2D eigenvalue weighted by Crippen LogP contribution is -2.65. The smallest absolute Gasteiger partial charge is 0.195 e. The first kappa shape index (κ1) is 12.9. The highest BCUT2D eigenvalue weighted by Gasteiger charge is 2.51. The summed E-state index contributed by atoms with van der Waals surface area (Å²) in [5.41, 5.74) is 0.459. The van der Waals surface area contributed by atoms with Gasteiger partial charge in [0.05, 0.1) is 6.61 Å². The predicted octanol–water partition coefficient (Wildman–Crippen LogP) is -1.49. The number of aliphatic hydroxyl groups excluding tert-OH is 4. The topological polar surface area (TPSA) is 110 Å². The molecule has 1 aliphatic rings. The van der Waals surface area contributed by atoms with Crippen LogP contribution in [0, 0.1) is 0 Å². The maximum Gasteiger partial charge on any atom is 0.195 e. The highest BCUT2D eigenvalue weighted by Crippen LogP contribution is 2.32. The van der Waals surface area contributed by atoms with Crippen LogP contribution in [0.25, 0.3) is 0 Å². The van der Waals surface area contributed by atoms with Crippen LogP contribution in [0.4, 0.5) is 0 Å². The van der Waals surface area contributed by atoms with E-state index in [-0.39, 0.29) is 6.42 Å². The number of allylic oxidation sites excluding steroid dienone is 1. The molecular weight excluding hydrogens is 228 g/mol. The molecule has 0 aromatic rings. The molecule has 100 valence electrons. The van der Waals surface area contributed by atoms with Crippen molar-refractivity contribution in [1.82, 2.24) is 0 Å². The van der Waals surface area contributed by atoms with Gasteiger partial charge in [-0.1, -0.05) is 5.57 Å². The van der Waals surface area contributed by atoms with E-state index in [0.717, 1.165) is 0 Å². The number of aliphatic hydroxyl groups is 5. The Balaban J connectivity index is 2.88. The molecule has 1 aliphatic heterocycles. The summed E-state index contributed by atoms with van der Waals surface area (Å²) in [6.45, 7) is 4.52. The Hall–Kier alpha value is -0.500. The molecule has 1 fully saturated rings. The molecule has 0 bridgehead atoms. The Morgan fingerprint density at radius 1 is 1.41 bits per heavy atom. The summed E-state index contributed by atoms with van der Waals surface area (Å²) in [5, 5.41) is 48.0. The van der Waals surface area contributed by atoms with Crippen molar-refractivity contribution in [3.63, 3.8) is 0 Å². The number of ether oxygens (including phenoxy) is 1. The van der Waals surface area contributed by atoms with Crippen LogP contribution in [0.15, 0.2) is 12.2 Å². The van der Waals surface area contributed by atoms with Crippen LogP contribution >= 0.6 is 0 Å². The van der Waals surface area contributed by atoms with E-state index in [1.54, 1.807) is 6.92 Å². The third-order valence-corrected chi connectivity index (χ3v) is 2.79. The van der Waals surface area contributed by atoms with E-state index in [1.807, 2.05) is 0 Å². The van der Waals surface area contributed by atoms with Gasteiger partial charge in [-0.25, -0.2) is 0 Å². The maximum absolute atomic E-state index is 10.1. The van der Waals surface area contributed by atoms with E-state index in [4.69, 9.17) is 11.2 Å². The third kappa shape index (κ3) is 3.04. The third-order valence-electron chi connectivity index (χ3n) is 2.79. The van der Waals surface area contributed by atoms with Gasteiger partial charge in [0.25, 0.3) is 0 Å². The molecule has 0 radical (unpaired) electrons. The van der Waals surface area contributed by atoms with Gasteiger partial charge in [-0.15, -0.1) is 6.58 Å². The lowest BCUT2D eigenvalue weighted by atomic mass is 9.89. The van der Waals surface area contributed by atoms with Crippen LogP contribution in [-0.2, 0) is 4.74 Å². The highest BCUT2D eigenvalue weighted by atomic mass is 16.7. The Morgan fingerprint density at radius 2 is 2.00 bits per heavy atom. The van der Waals surface area contributed by atoms with Crippen molar-refractivity contribution >= 4 is 0 Å². The molecule has 0 aromatic heterocycles. The number of rotatable bonds is 4. The van der Waals surface area contributed by atoms with E-state index in [2.05, 4.69) is 6.58 Å². The van der Waals surface area contributed by atoms with Gasteiger partial charge < -0.3 is 30.3 Å². The van der Waals surface area contributed by atoms with Gasteiger partial charge in [0.15, 0.2) is 5.79 Å². The number of hydrogen-bond donors (Lipinski definition) is 5. The summed E-state index contributed by atoms with van der Waals surface area (Å²) in [4.78, 5) is 0. The predicted molar refractivity (Wildman–Crippen MR) is 59.0 cm³/mol. The fourth-order valence-electron chi connectivity index (χ4n) is 1.71. The second-order valence-corrected chi connectivity index (χ2v) is 4.36. The quantitative estimate of drug-likeness (QED) is 0.388. The second-order valence-electron chi connectivity index (χ2n) is 4.36. The van der Waals surface area contributed by atoms with Crippen molar-refractivity contribution in [2.24, 2.45) is 0 Å². The molecule has 0 aromatic carbocycles. The molecule has 17 heavy (non-hydrogen) atoms. The standard InChI is InChI=1S/C11H20O6/c1-6(2)3-4-11(16)10(15)9(14)8(13)7(5-12)17-11/h7-10,12-16H,1,3-5H2,2H3/t7-,8-,9+,10-,11?/m1/s1/i3D/t3?,7-,8-,9+,10-,11?. The molecule has 6 atom stereocenters. The van der Waals surface area contributed by atoms with E-state index in [1.165, 1.54) is 0 Å². The maximum atomic E-state index is 10.1. The molecule has 0 amide bonds. The van der Waals surface area contributed by atoms with Crippen molar-refractivity contribution in [3.05, 3.63) is 12.2 Å². The van der Waals surface area contributed by atoms with Gasteiger partial charge in [0.1, 0.15) is 24.4 Å². The fourth-order valence-corrected chi connectivity index (χ4v) is 1.71. The van der Waals surface area contributed by atoms with Crippen LogP contribution in [-0.4, -0.2) is 62.3 Å². The molecular formula is C11H20O6. The van der Waals surface area contributed by atoms with Gasteiger partial charge in [0.2, 0.25) is 0 Å². The first-order chi connectivity index (χ1) is 8.23. The van der Waals surface area contributed by atoms with Gasteiger partial charge in [-0.3, -0.25) is 0 Å². The Labute approximate surface area is 101 Å². The number of hydrogen-bond acceptors (Lipinski definition) is 6. The van der Waals surface area contributed by atoms with Crippen molar-refractivity contribution in [2.75, 3.05) is 6.61 Å². The Kier molecular flexibility index (Phi) is 4.13. The summed E-state index contributed by atoms with van der Waals surface area (Å²) >= 11 is 0. The summed E-state index contributed by atoms with van der Waals surface area (Å²) in [6, 6.07) is 0. The zero-order valence-electron chi connectivity index (χ0n) is 10.7. The van der Waals surface area contributed by atoms with Gasteiger partial charge in [0, 0.05) is 7.79 Å². The largest absolute Gasteiger partial charge is 0.394 e. The highest BCUT2D eigenvalue weighted by molar-refractivity contribution is 4.98. The average Bonchev–Trinajstić information content (AvgIpc) is 2.31. The Morgan fingerprint density at radius 3 is 2.47 bits per heavy atom. The molecule has 0 aliphatic carbocycles. The second kappa shape index (κ2) is 5.43. The van der Waals surface area contributed by atoms with Crippen LogP contribution in [0.3, 0.4) is 0 Å². The Bertz CT molecular complexity index is 310. The molecule has 1 rings (SSSR count). The molecule has 0 spiro atoms. The SMILES string of the molecule is [2H]C(CC1(O)O[C@H](CO)[C@@H](O)[C@H](O)[C@H]1O)C(=C)C. The minimum absolute atomic E-state index is 0.316. The zero-order valence-corrected chi connectivity index (χ0v) is 9.65. The molecule has 1 heterocycles. The van der Waals surface area contributed by atoms with Crippen LogP contribution in [0.5, 0.6) is 0 Å². The first-order valence-corrected chi connectivity index (χ1v) is 5.36. The average molecular weight is 249 g/mol. The molecule has 1 saturated heterocycles. The minimum atomic E-state index is -2.20. The first-order valence-electron chi connectivity index (χ1n) is 5.93. The van der Waals surface area contributed by atoms with Crippen molar-refractivity contribution in [3.8, 4) is 0 Å². The normalized spacial score (nSPS) is 45.2. The fraction of sp³-hybridized carbons (Fsp3) is 0.818. The lowest BCUT2D eigenvalue weighted by Gasteiger charge is -2.45. The van der Waals surface area contributed by atoms with E-state index >= 15 is 0 Å². The molecule has 5 N–H and O–H groups in total. The van der Waals surface area contributed by atoms with Gasteiger partial charge in [-0.05, 0) is 13.3 Å². The van der Waals surface area contributed by atoms with Crippen LogP contribution in [0.2, 0.25) is 0 Å². The van der Waals surface area contributed by atoms with Crippen molar-refractivity contribution in [2.45, 2.75) is 49.9 Å². The summed E-state index contributed by atoms with van der Waals surface area (Å²) < 4.78 is 12.7. The summed E-state index contributed by atoms with van der Waals surface area (Å²) in [5.74, 6) is -2.20. The van der Waals surface area contributed by atoms with E-state index < -0.39 is 43.2 Å². The minimum Gasteiger partial charge on any atom is -0.394 e. The summed E-state index contributed by atoms with van der Waals surface area (Å²) in [6.07, 6.45) is -7.35. The van der Waals surface area contributed by atoms with Crippen LogP contribution in [0.1, 0.15) is 21.1 Å². The van der Waals surface area contributed by atoms with E-state index in [0.29, 0.717) is 5.57 Å². The molecule has 2 unspecified atom stereocenters. The van der Waals surface area contributed by atoms with Crippen molar-refractivity contribution in [1.29, 1.82) is 0 Å². The van der Waals surface area contributed by atoms with Gasteiger partial charge >= 0.3 is 0 Å². The van der Waals surface area contributed by atoms with Crippen LogP contribution < -0.4 is 0 Å². The monoisotopic (exact) mass is 249 g/mol. The van der Waals surface area contributed by atoms with E-state index in [9.17, 15) is 20.4 Å². The molecule has 0 saturated carbocycles. The molecule has 6 nitrogen and oxygen atoms in total. The molecule has 6 heteroatoms. The van der Waals surface area contributed by atoms with Gasteiger partial charge in [-0.2, -0.15) is 0 Å².